The molecule has 63 heavy (non-hydrogen) atoms. The van der Waals surface area contributed by atoms with Gasteiger partial charge in [-0.3, -0.25) is 0 Å². The zero-order chi connectivity index (χ0) is 44.7. The number of benzene rings is 8. The fourth-order valence-corrected chi connectivity index (χ4v) is 14.8. The standard InChI is InChI=1S/C56H66N2Si5/c1-37-24-42(33-48(27-37)61(6)7)57(44-26-39(3)29-50(35-44)63(10,11)12)55-51-20-16-17-21-52(51)56(54-30-41(22-23-53(54)55)40-18-14-13-15-19-40)58(43-25-38(2)28-49(34-43)62(8)9)45-31-46(59-4)36-47(32-45)60-5/h13-36,61-62H,59-60H2,1-12H3. The van der Waals surface area contributed by atoms with Gasteiger partial charge in [-0.2, -0.15) is 0 Å². The van der Waals surface area contributed by atoms with Gasteiger partial charge in [0.05, 0.1) is 56.1 Å². The molecule has 0 unspecified atom stereocenters. The zero-order valence-electron chi connectivity index (χ0n) is 39.8. The number of hydrogen-bond donors (Lipinski definition) is 0. The molecule has 0 aromatic heterocycles. The van der Waals surface area contributed by atoms with E-state index in [0.717, 1.165) is 0 Å². The van der Waals surface area contributed by atoms with Crippen LogP contribution in [0.15, 0.2) is 146 Å². The summed E-state index contributed by atoms with van der Waals surface area (Å²) in [4.78, 5) is 5.32. The molecule has 0 aliphatic heterocycles. The average molecular weight is 908 g/mol. The van der Waals surface area contributed by atoms with Gasteiger partial charge in [0.1, 0.15) is 0 Å². The van der Waals surface area contributed by atoms with Crippen LogP contribution in [-0.2, 0) is 0 Å². The van der Waals surface area contributed by atoms with Crippen LogP contribution in [0.3, 0.4) is 0 Å². The molecule has 8 rings (SSSR count). The van der Waals surface area contributed by atoms with Crippen LogP contribution in [-0.4, -0.2) is 44.7 Å². The molecule has 0 bridgehead atoms. The molecule has 320 valence electrons. The summed E-state index contributed by atoms with van der Waals surface area (Å²) in [6.07, 6.45) is 0. The Morgan fingerprint density at radius 1 is 0.413 bits per heavy atom. The van der Waals surface area contributed by atoms with E-state index >= 15 is 0 Å². The molecule has 0 fully saturated rings. The SMILES string of the molecule is C[SiH2]c1cc([SiH2]C)cc(N(c2cc(C)cc([SiH](C)C)c2)c2c3ccccc3c(N(c3cc(C)cc([SiH](C)C)c3)c3cc(C)cc([Si](C)(C)C)c3)c3ccc(-c4ccccc4)cc23)c1. The van der Waals surface area contributed by atoms with Crippen molar-refractivity contribution in [3.63, 3.8) is 0 Å². The summed E-state index contributed by atoms with van der Waals surface area (Å²) in [7, 11) is -4.78. The molecular formula is C56H66N2Si5. The second-order valence-electron chi connectivity index (χ2n) is 19.6. The Labute approximate surface area is 386 Å². The highest BCUT2D eigenvalue weighted by Crippen LogP contribution is 2.51. The predicted molar refractivity (Wildman–Crippen MR) is 299 cm³/mol. The first-order valence-electron chi connectivity index (χ1n) is 23.3. The van der Waals surface area contributed by atoms with E-state index in [9.17, 15) is 0 Å². The quantitative estimate of drug-likeness (QED) is 0.0685. The summed E-state index contributed by atoms with van der Waals surface area (Å²) in [6.45, 7) is 29.0. The van der Waals surface area contributed by atoms with Gasteiger partial charge in [0.2, 0.25) is 0 Å². The van der Waals surface area contributed by atoms with Gasteiger partial charge in [-0.25, -0.2) is 0 Å². The Hall–Kier alpha value is -5.04. The fraction of sp³-hybridized carbons (Fsp3) is 0.214. The first-order chi connectivity index (χ1) is 30.1. The van der Waals surface area contributed by atoms with Crippen molar-refractivity contribution in [1.29, 1.82) is 0 Å². The molecule has 0 N–H and O–H groups in total. The van der Waals surface area contributed by atoms with Crippen molar-refractivity contribution in [3.8, 4) is 11.1 Å². The summed E-state index contributed by atoms with van der Waals surface area (Å²) in [5, 5.41) is 12.6. The Morgan fingerprint density at radius 2 is 0.857 bits per heavy atom. The van der Waals surface area contributed by atoms with Gasteiger partial charge in [-0.1, -0.05) is 176 Å². The first kappa shape index (κ1) is 44.6. The van der Waals surface area contributed by atoms with Crippen LogP contribution >= 0.6 is 0 Å². The molecule has 0 heterocycles. The van der Waals surface area contributed by atoms with E-state index in [1.165, 1.54) is 109 Å². The molecule has 0 atom stereocenters. The maximum absolute atomic E-state index is 2.67. The van der Waals surface area contributed by atoms with Crippen molar-refractivity contribution in [2.75, 3.05) is 9.80 Å². The molecule has 7 heteroatoms. The van der Waals surface area contributed by atoms with Gasteiger partial charge in [-0.15, -0.1) is 0 Å². The molecule has 0 aliphatic rings. The molecular weight excluding hydrogens is 841 g/mol. The van der Waals surface area contributed by atoms with Crippen LogP contribution in [0.1, 0.15) is 16.7 Å². The lowest BCUT2D eigenvalue weighted by Crippen LogP contribution is -2.38. The van der Waals surface area contributed by atoms with E-state index in [2.05, 4.69) is 235 Å². The summed E-state index contributed by atoms with van der Waals surface area (Å²) in [6, 6.07) is 57.4. The molecule has 8 aromatic carbocycles. The van der Waals surface area contributed by atoms with Gasteiger partial charge >= 0.3 is 0 Å². The minimum Gasteiger partial charge on any atom is -0.309 e. The summed E-state index contributed by atoms with van der Waals surface area (Å²) >= 11 is 0. The zero-order valence-corrected chi connectivity index (χ0v) is 46.0. The molecule has 0 spiro atoms. The van der Waals surface area contributed by atoms with Crippen molar-refractivity contribution < 1.29 is 0 Å². The number of nitrogens with zero attached hydrogens (tertiary/aromatic N) is 2. The van der Waals surface area contributed by atoms with Crippen LogP contribution in [0.2, 0.25) is 58.9 Å². The molecule has 0 aliphatic carbocycles. The van der Waals surface area contributed by atoms with E-state index in [-0.39, 0.29) is 0 Å². The lowest BCUT2D eigenvalue weighted by atomic mass is 9.92. The lowest BCUT2D eigenvalue weighted by molar-refractivity contribution is 1.28. The number of rotatable bonds is 12. The van der Waals surface area contributed by atoms with Crippen LogP contribution in [0.4, 0.5) is 34.1 Å². The van der Waals surface area contributed by atoms with E-state index in [1.807, 2.05) is 0 Å². The lowest BCUT2D eigenvalue weighted by Gasteiger charge is -2.34. The highest BCUT2D eigenvalue weighted by molar-refractivity contribution is 6.88. The third-order valence-electron chi connectivity index (χ3n) is 12.8. The molecule has 2 nitrogen and oxygen atoms in total. The van der Waals surface area contributed by atoms with Crippen molar-refractivity contribution in [2.24, 2.45) is 0 Å². The van der Waals surface area contributed by atoms with Crippen LogP contribution in [0.25, 0.3) is 32.7 Å². The number of fused-ring (bicyclic) bond motifs is 2. The van der Waals surface area contributed by atoms with Crippen molar-refractivity contribution in [3.05, 3.63) is 162 Å². The Balaban J connectivity index is 1.59. The molecule has 8 aromatic rings. The highest BCUT2D eigenvalue weighted by Gasteiger charge is 2.28. The number of anilines is 6. The molecule has 0 radical (unpaired) electrons. The fourth-order valence-electron chi connectivity index (χ4n) is 9.35. The van der Waals surface area contributed by atoms with Crippen molar-refractivity contribution in [1.82, 2.24) is 0 Å². The van der Waals surface area contributed by atoms with Crippen molar-refractivity contribution in [2.45, 2.75) is 79.7 Å². The van der Waals surface area contributed by atoms with Gasteiger partial charge < -0.3 is 9.80 Å². The number of hydrogen-bond acceptors (Lipinski definition) is 2. The highest BCUT2D eigenvalue weighted by atomic mass is 28.3. The van der Waals surface area contributed by atoms with E-state index in [1.54, 1.807) is 0 Å². The van der Waals surface area contributed by atoms with Gasteiger partial charge in [0.25, 0.3) is 0 Å². The second-order valence-corrected chi connectivity index (χ2v) is 33.7. The van der Waals surface area contributed by atoms with E-state index < -0.39 is 44.7 Å². The van der Waals surface area contributed by atoms with Gasteiger partial charge in [-0.05, 0) is 103 Å². The summed E-state index contributed by atoms with van der Waals surface area (Å²) < 4.78 is 0. The minimum absolute atomic E-state index is 0.410. The second kappa shape index (κ2) is 18.2. The summed E-state index contributed by atoms with van der Waals surface area (Å²) in [5.41, 5.74) is 13.9. The third kappa shape index (κ3) is 9.17. The summed E-state index contributed by atoms with van der Waals surface area (Å²) in [5.74, 6) is 0. The number of aryl methyl sites for hydroxylation is 3. The topological polar surface area (TPSA) is 6.48 Å². The van der Waals surface area contributed by atoms with Crippen molar-refractivity contribution >= 4 is 126 Å². The van der Waals surface area contributed by atoms with E-state index in [0.29, 0.717) is 0 Å². The van der Waals surface area contributed by atoms with Gasteiger partial charge in [0, 0.05) is 44.3 Å². The molecule has 0 amide bonds. The third-order valence-corrected chi connectivity index (χ3v) is 20.6. The normalized spacial score (nSPS) is 12.3. The Morgan fingerprint density at radius 3 is 1.35 bits per heavy atom. The smallest absolute Gasteiger partial charge is 0.0777 e. The predicted octanol–water partition coefficient (Wildman–Crippen LogP) is 11.1. The van der Waals surface area contributed by atoms with Crippen LogP contribution in [0.5, 0.6) is 0 Å². The maximum atomic E-state index is 2.67. The van der Waals surface area contributed by atoms with Crippen LogP contribution < -0.4 is 35.7 Å². The molecule has 0 saturated heterocycles. The monoisotopic (exact) mass is 906 g/mol. The Bertz CT molecular complexity index is 2940. The minimum atomic E-state index is -1.69. The van der Waals surface area contributed by atoms with Crippen LogP contribution in [0, 0.1) is 20.8 Å². The van der Waals surface area contributed by atoms with Gasteiger partial charge in [0.15, 0.2) is 0 Å². The average Bonchev–Trinajstić information content (AvgIpc) is 3.26. The largest absolute Gasteiger partial charge is 0.309 e. The first-order valence-corrected chi connectivity index (χ1v) is 36.8. The molecule has 0 saturated carbocycles. The van der Waals surface area contributed by atoms with E-state index in [4.69, 9.17) is 0 Å². The Kier molecular flexibility index (Phi) is 12.9. The maximum Gasteiger partial charge on any atom is 0.0777 e.